The molecule has 1 amide bonds. The molecule has 0 aliphatic rings. The number of benzene rings is 1. The molecule has 0 aliphatic heterocycles. The summed E-state index contributed by atoms with van der Waals surface area (Å²) in [5, 5.41) is 3.01. The van der Waals surface area contributed by atoms with Crippen molar-refractivity contribution in [3.8, 4) is 0 Å². The molecule has 1 heterocycles. The third-order valence-electron chi connectivity index (χ3n) is 2.83. The normalized spacial score (nSPS) is 11.9. The van der Waals surface area contributed by atoms with Crippen molar-refractivity contribution >= 4 is 11.6 Å². The average molecular weight is 259 g/mol. The number of amides is 1. The van der Waals surface area contributed by atoms with E-state index in [1.807, 2.05) is 19.1 Å². The first kappa shape index (κ1) is 13.0. The summed E-state index contributed by atoms with van der Waals surface area (Å²) < 4.78 is 13.7. The van der Waals surface area contributed by atoms with Gasteiger partial charge in [0.05, 0.1) is 5.69 Å². The molecule has 0 saturated carbocycles. The van der Waals surface area contributed by atoms with Crippen molar-refractivity contribution in [2.45, 2.75) is 13.0 Å². The molecule has 0 bridgehead atoms. The van der Waals surface area contributed by atoms with E-state index in [-0.39, 0.29) is 17.3 Å². The second-order valence-electron chi connectivity index (χ2n) is 4.21. The van der Waals surface area contributed by atoms with Gasteiger partial charge < -0.3 is 11.1 Å². The van der Waals surface area contributed by atoms with E-state index in [1.54, 1.807) is 12.4 Å². The van der Waals surface area contributed by atoms with Gasteiger partial charge in [-0.05, 0) is 42.8 Å². The molecule has 4 nitrogen and oxygen atoms in total. The highest BCUT2D eigenvalue weighted by Gasteiger charge is 2.10. The Kier molecular flexibility index (Phi) is 3.75. The topological polar surface area (TPSA) is 68.0 Å². The van der Waals surface area contributed by atoms with Crippen LogP contribution in [0.15, 0.2) is 42.7 Å². The largest absolute Gasteiger partial charge is 0.376 e. The fourth-order valence-electron chi connectivity index (χ4n) is 1.76. The van der Waals surface area contributed by atoms with E-state index in [1.165, 1.54) is 18.2 Å². The predicted molar refractivity (Wildman–Crippen MR) is 71.2 cm³/mol. The van der Waals surface area contributed by atoms with Crippen molar-refractivity contribution in [3.05, 3.63) is 59.7 Å². The maximum absolute atomic E-state index is 13.7. The number of pyridine rings is 1. The number of aromatic nitrogens is 1. The molecule has 1 aromatic heterocycles. The number of nitrogens with zero attached hydrogens (tertiary/aromatic N) is 1. The van der Waals surface area contributed by atoms with E-state index in [4.69, 9.17) is 5.73 Å². The van der Waals surface area contributed by atoms with E-state index in [2.05, 4.69) is 10.3 Å². The number of carbonyl (C=O) groups excluding carboxylic acids is 1. The van der Waals surface area contributed by atoms with Crippen LogP contribution in [-0.2, 0) is 0 Å². The quantitative estimate of drug-likeness (QED) is 0.886. The standard InChI is InChI=1S/C14H14FN3O/c1-9(10-4-6-17-7-5-10)18-13-8-11(14(16)19)2-3-12(13)15/h2-9,18H,1H3,(H2,16,19). The van der Waals surface area contributed by atoms with Gasteiger partial charge in [0.15, 0.2) is 0 Å². The highest BCUT2D eigenvalue weighted by Crippen LogP contribution is 2.22. The first-order valence-corrected chi connectivity index (χ1v) is 5.83. The van der Waals surface area contributed by atoms with Gasteiger partial charge in [-0.2, -0.15) is 0 Å². The lowest BCUT2D eigenvalue weighted by molar-refractivity contribution is 0.100. The molecule has 1 atom stereocenters. The van der Waals surface area contributed by atoms with Gasteiger partial charge >= 0.3 is 0 Å². The van der Waals surface area contributed by atoms with E-state index in [0.717, 1.165) is 5.56 Å². The summed E-state index contributed by atoms with van der Waals surface area (Å²) in [4.78, 5) is 15.0. The van der Waals surface area contributed by atoms with Crippen molar-refractivity contribution in [1.82, 2.24) is 4.98 Å². The molecule has 19 heavy (non-hydrogen) atoms. The molecule has 3 N–H and O–H groups in total. The molecule has 1 unspecified atom stereocenters. The zero-order chi connectivity index (χ0) is 13.8. The van der Waals surface area contributed by atoms with Crippen LogP contribution in [0.1, 0.15) is 28.9 Å². The lowest BCUT2D eigenvalue weighted by Crippen LogP contribution is -2.13. The third kappa shape index (κ3) is 3.07. The Morgan fingerprint density at radius 1 is 1.32 bits per heavy atom. The Labute approximate surface area is 110 Å². The summed E-state index contributed by atoms with van der Waals surface area (Å²) in [6.07, 6.45) is 3.34. The SMILES string of the molecule is CC(Nc1cc(C(N)=O)ccc1F)c1ccncc1. The molecular weight excluding hydrogens is 245 g/mol. The number of hydrogen-bond acceptors (Lipinski definition) is 3. The van der Waals surface area contributed by atoms with Crippen molar-refractivity contribution in [3.63, 3.8) is 0 Å². The maximum Gasteiger partial charge on any atom is 0.248 e. The molecule has 2 rings (SSSR count). The highest BCUT2D eigenvalue weighted by molar-refractivity contribution is 5.93. The summed E-state index contributed by atoms with van der Waals surface area (Å²) in [6.45, 7) is 1.89. The smallest absolute Gasteiger partial charge is 0.248 e. The van der Waals surface area contributed by atoms with Crippen molar-refractivity contribution in [2.75, 3.05) is 5.32 Å². The van der Waals surface area contributed by atoms with Crippen LogP contribution < -0.4 is 11.1 Å². The molecule has 98 valence electrons. The minimum absolute atomic E-state index is 0.111. The van der Waals surface area contributed by atoms with Crippen molar-refractivity contribution < 1.29 is 9.18 Å². The molecule has 0 saturated heterocycles. The Hall–Kier alpha value is -2.43. The monoisotopic (exact) mass is 259 g/mol. The Morgan fingerprint density at radius 3 is 2.63 bits per heavy atom. The zero-order valence-corrected chi connectivity index (χ0v) is 10.4. The van der Waals surface area contributed by atoms with Crippen LogP contribution >= 0.6 is 0 Å². The van der Waals surface area contributed by atoms with Crippen molar-refractivity contribution in [2.24, 2.45) is 5.73 Å². The second kappa shape index (κ2) is 5.48. The fourth-order valence-corrected chi connectivity index (χ4v) is 1.76. The van der Waals surface area contributed by atoms with E-state index >= 15 is 0 Å². The van der Waals surface area contributed by atoms with Gasteiger partial charge in [0.2, 0.25) is 5.91 Å². The molecular formula is C14H14FN3O. The van der Waals surface area contributed by atoms with Crippen molar-refractivity contribution in [1.29, 1.82) is 0 Å². The Bertz CT molecular complexity index is 586. The summed E-state index contributed by atoms with van der Waals surface area (Å²) in [5.74, 6) is -1.01. The predicted octanol–water partition coefficient (Wildman–Crippen LogP) is 2.49. The number of rotatable bonds is 4. The van der Waals surface area contributed by atoms with Crippen LogP contribution in [0, 0.1) is 5.82 Å². The van der Waals surface area contributed by atoms with Crippen LogP contribution in [0.4, 0.5) is 10.1 Å². The summed E-state index contributed by atoms with van der Waals surface area (Å²) in [6, 6.07) is 7.57. The Morgan fingerprint density at radius 2 is 2.00 bits per heavy atom. The van der Waals surface area contributed by atoms with Gasteiger partial charge in [0.1, 0.15) is 5.82 Å². The average Bonchev–Trinajstić information content (AvgIpc) is 2.42. The number of hydrogen-bond donors (Lipinski definition) is 2. The number of anilines is 1. The molecule has 1 aromatic carbocycles. The molecule has 0 spiro atoms. The molecule has 2 aromatic rings. The van der Waals surface area contributed by atoms with Crippen LogP contribution in [0.3, 0.4) is 0 Å². The van der Waals surface area contributed by atoms with Crippen LogP contribution in [0.5, 0.6) is 0 Å². The lowest BCUT2D eigenvalue weighted by Gasteiger charge is -2.16. The minimum atomic E-state index is -0.584. The van der Waals surface area contributed by atoms with E-state index in [9.17, 15) is 9.18 Å². The van der Waals surface area contributed by atoms with Crippen LogP contribution in [0.2, 0.25) is 0 Å². The zero-order valence-electron chi connectivity index (χ0n) is 10.4. The van der Waals surface area contributed by atoms with E-state index in [0.29, 0.717) is 0 Å². The van der Waals surface area contributed by atoms with Crippen LogP contribution in [0.25, 0.3) is 0 Å². The number of carbonyl (C=O) groups is 1. The summed E-state index contributed by atoms with van der Waals surface area (Å²) in [5.41, 5.74) is 6.67. The Balaban J connectivity index is 2.23. The molecule has 0 radical (unpaired) electrons. The van der Waals surface area contributed by atoms with Gasteiger partial charge in [0.25, 0.3) is 0 Å². The molecule has 5 heteroatoms. The molecule has 0 fully saturated rings. The highest BCUT2D eigenvalue weighted by atomic mass is 19.1. The summed E-state index contributed by atoms with van der Waals surface area (Å²) in [7, 11) is 0. The lowest BCUT2D eigenvalue weighted by atomic mass is 10.1. The maximum atomic E-state index is 13.7. The first-order chi connectivity index (χ1) is 9.08. The minimum Gasteiger partial charge on any atom is -0.376 e. The molecule has 0 aliphatic carbocycles. The number of primary amides is 1. The second-order valence-corrected chi connectivity index (χ2v) is 4.21. The van der Waals surface area contributed by atoms with Gasteiger partial charge in [-0.25, -0.2) is 4.39 Å². The number of nitrogens with one attached hydrogen (secondary N) is 1. The fraction of sp³-hybridized carbons (Fsp3) is 0.143. The number of nitrogens with two attached hydrogens (primary N) is 1. The first-order valence-electron chi connectivity index (χ1n) is 5.83. The van der Waals surface area contributed by atoms with Gasteiger partial charge in [0, 0.05) is 24.0 Å². The van der Waals surface area contributed by atoms with Crippen LogP contribution in [-0.4, -0.2) is 10.9 Å². The third-order valence-corrected chi connectivity index (χ3v) is 2.83. The van der Waals surface area contributed by atoms with Gasteiger partial charge in [-0.15, -0.1) is 0 Å². The van der Waals surface area contributed by atoms with E-state index < -0.39 is 11.7 Å². The summed E-state index contributed by atoms with van der Waals surface area (Å²) >= 11 is 0. The van der Waals surface area contributed by atoms with Gasteiger partial charge in [-0.3, -0.25) is 9.78 Å². The van der Waals surface area contributed by atoms with Gasteiger partial charge in [-0.1, -0.05) is 0 Å². The number of halogens is 1.